The number of nitrogens with two attached hydrogens (primary N) is 1. The highest BCUT2D eigenvalue weighted by atomic mass is 79.9. The van der Waals surface area contributed by atoms with Crippen LogP contribution in [0, 0.1) is 5.41 Å². The molecule has 2 aromatic rings. The summed E-state index contributed by atoms with van der Waals surface area (Å²) in [6.07, 6.45) is 0. The molecular weight excluding hydrogens is 407 g/mol. The van der Waals surface area contributed by atoms with E-state index in [4.69, 9.17) is 27.5 Å². The minimum atomic E-state index is -0.00461. The van der Waals surface area contributed by atoms with Gasteiger partial charge in [-0.05, 0) is 40.2 Å². The van der Waals surface area contributed by atoms with Crippen molar-refractivity contribution in [3.05, 3.63) is 61.5 Å². The predicted molar refractivity (Wildman–Crippen MR) is 88.6 cm³/mol. The highest BCUT2D eigenvalue weighted by Gasteiger charge is 2.07. The van der Waals surface area contributed by atoms with Gasteiger partial charge in [-0.3, -0.25) is 5.41 Å². The highest BCUT2D eigenvalue weighted by Crippen LogP contribution is 2.29. The van der Waals surface area contributed by atoms with E-state index in [1.807, 2.05) is 24.3 Å². The van der Waals surface area contributed by atoms with Gasteiger partial charge in [-0.1, -0.05) is 39.7 Å². The van der Waals surface area contributed by atoms with Gasteiger partial charge in [0.25, 0.3) is 0 Å². The number of hydrogen-bond acceptors (Lipinski definition) is 2. The van der Waals surface area contributed by atoms with Gasteiger partial charge >= 0.3 is 0 Å². The summed E-state index contributed by atoms with van der Waals surface area (Å²) in [7, 11) is 0. The molecule has 0 aliphatic carbocycles. The number of nitrogens with one attached hydrogen (secondary N) is 1. The van der Waals surface area contributed by atoms with Crippen LogP contribution in [0.2, 0.25) is 5.02 Å². The summed E-state index contributed by atoms with van der Waals surface area (Å²) in [5.74, 6) is 0.731. The van der Waals surface area contributed by atoms with Crippen LogP contribution < -0.4 is 10.5 Å². The Balaban J connectivity index is 2.13. The molecule has 0 bridgehead atoms. The Bertz CT molecular complexity index is 662. The Morgan fingerprint density at radius 1 is 1.20 bits per heavy atom. The Morgan fingerprint density at radius 3 is 2.55 bits per heavy atom. The van der Waals surface area contributed by atoms with Gasteiger partial charge in [-0.15, -0.1) is 0 Å². The van der Waals surface area contributed by atoms with E-state index >= 15 is 0 Å². The number of amidine groups is 1. The standard InChI is InChI=1S/C14H11Br2ClN2O/c15-10-3-4-13(11(16)6-10)20-7-9-2-1-8(14(18)19)5-12(9)17/h1-6H,7H2,(H3,18,19). The van der Waals surface area contributed by atoms with E-state index in [-0.39, 0.29) is 5.84 Å². The number of benzene rings is 2. The molecule has 2 aromatic carbocycles. The van der Waals surface area contributed by atoms with Crippen molar-refractivity contribution in [2.45, 2.75) is 6.61 Å². The summed E-state index contributed by atoms with van der Waals surface area (Å²) < 4.78 is 7.56. The molecule has 3 N–H and O–H groups in total. The molecule has 0 aliphatic heterocycles. The fourth-order valence-electron chi connectivity index (χ4n) is 1.58. The molecule has 2 rings (SSSR count). The van der Waals surface area contributed by atoms with Gasteiger partial charge < -0.3 is 10.5 Å². The quantitative estimate of drug-likeness (QED) is 0.557. The lowest BCUT2D eigenvalue weighted by Crippen LogP contribution is -2.11. The molecule has 0 aliphatic rings. The van der Waals surface area contributed by atoms with Crippen molar-refractivity contribution >= 4 is 49.3 Å². The van der Waals surface area contributed by atoms with Crippen molar-refractivity contribution in [1.82, 2.24) is 0 Å². The van der Waals surface area contributed by atoms with Crippen LogP contribution in [0.25, 0.3) is 0 Å². The van der Waals surface area contributed by atoms with Crippen LogP contribution >= 0.6 is 43.5 Å². The van der Waals surface area contributed by atoms with E-state index in [9.17, 15) is 0 Å². The van der Waals surface area contributed by atoms with Crippen molar-refractivity contribution in [3.63, 3.8) is 0 Å². The molecule has 20 heavy (non-hydrogen) atoms. The normalized spacial score (nSPS) is 10.3. The zero-order valence-corrected chi connectivity index (χ0v) is 14.2. The first-order valence-electron chi connectivity index (χ1n) is 5.68. The molecule has 104 valence electrons. The summed E-state index contributed by atoms with van der Waals surface area (Å²) in [5, 5.41) is 7.90. The van der Waals surface area contributed by atoms with Gasteiger partial charge in [0.15, 0.2) is 0 Å². The van der Waals surface area contributed by atoms with Crippen LogP contribution in [0.4, 0.5) is 0 Å². The van der Waals surface area contributed by atoms with Gasteiger partial charge in [-0.2, -0.15) is 0 Å². The molecule has 0 heterocycles. The third-order valence-electron chi connectivity index (χ3n) is 2.64. The SMILES string of the molecule is N=C(N)c1ccc(COc2ccc(Br)cc2Br)c(Cl)c1. The molecule has 0 fully saturated rings. The molecule has 0 radical (unpaired) electrons. The van der Waals surface area contributed by atoms with Gasteiger partial charge in [-0.25, -0.2) is 0 Å². The molecule has 6 heteroatoms. The molecule has 0 aromatic heterocycles. The van der Waals surface area contributed by atoms with Gasteiger partial charge in [0.2, 0.25) is 0 Å². The molecular formula is C14H11Br2ClN2O. The first-order chi connectivity index (χ1) is 9.47. The van der Waals surface area contributed by atoms with Crippen LogP contribution in [-0.2, 0) is 6.61 Å². The second-order valence-electron chi connectivity index (χ2n) is 4.08. The fourth-order valence-corrected chi connectivity index (χ4v) is 2.98. The van der Waals surface area contributed by atoms with E-state index in [1.54, 1.807) is 12.1 Å². The Labute approximate surface area is 138 Å². The smallest absolute Gasteiger partial charge is 0.134 e. The van der Waals surface area contributed by atoms with E-state index in [0.717, 1.165) is 20.3 Å². The van der Waals surface area contributed by atoms with E-state index in [0.29, 0.717) is 17.2 Å². The molecule has 0 atom stereocenters. The minimum Gasteiger partial charge on any atom is -0.488 e. The predicted octanol–water partition coefficient (Wildman–Crippen LogP) is 4.73. The first kappa shape index (κ1) is 15.4. The van der Waals surface area contributed by atoms with Crippen molar-refractivity contribution in [2.75, 3.05) is 0 Å². The lowest BCUT2D eigenvalue weighted by molar-refractivity contribution is 0.304. The zero-order chi connectivity index (χ0) is 14.7. The second kappa shape index (κ2) is 6.61. The Hall–Kier alpha value is -1.04. The van der Waals surface area contributed by atoms with Gasteiger partial charge in [0.1, 0.15) is 18.2 Å². The van der Waals surface area contributed by atoms with Gasteiger partial charge in [0, 0.05) is 20.6 Å². The van der Waals surface area contributed by atoms with E-state index in [2.05, 4.69) is 31.9 Å². The Kier molecular flexibility index (Phi) is 5.07. The molecule has 3 nitrogen and oxygen atoms in total. The number of hydrogen-bond donors (Lipinski definition) is 2. The van der Waals surface area contributed by atoms with Crippen LogP contribution in [0.3, 0.4) is 0 Å². The topological polar surface area (TPSA) is 59.1 Å². The molecule has 0 unspecified atom stereocenters. The lowest BCUT2D eigenvalue weighted by Gasteiger charge is -2.10. The molecule has 0 saturated heterocycles. The number of nitrogen functional groups attached to an aromatic ring is 1. The summed E-state index contributed by atoms with van der Waals surface area (Å²) in [4.78, 5) is 0. The molecule has 0 amide bonds. The number of rotatable bonds is 4. The van der Waals surface area contributed by atoms with Crippen molar-refractivity contribution in [3.8, 4) is 5.75 Å². The monoisotopic (exact) mass is 416 g/mol. The van der Waals surface area contributed by atoms with E-state index in [1.165, 1.54) is 0 Å². The highest BCUT2D eigenvalue weighted by molar-refractivity contribution is 9.11. The molecule has 0 spiro atoms. The van der Waals surface area contributed by atoms with Crippen LogP contribution in [0.1, 0.15) is 11.1 Å². The number of ether oxygens (including phenoxy) is 1. The largest absolute Gasteiger partial charge is 0.488 e. The van der Waals surface area contributed by atoms with Gasteiger partial charge in [0.05, 0.1) is 4.47 Å². The first-order valence-corrected chi connectivity index (χ1v) is 7.64. The summed E-state index contributed by atoms with van der Waals surface area (Å²) in [6, 6.07) is 10.9. The van der Waals surface area contributed by atoms with E-state index < -0.39 is 0 Å². The van der Waals surface area contributed by atoms with Crippen molar-refractivity contribution in [2.24, 2.45) is 5.73 Å². The average molecular weight is 419 g/mol. The Morgan fingerprint density at radius 2 is 1.95 bits per heavy atom. The average Bonchev–Trinajstić information content (AvgIpc) is 2.38. The third-order valence-corrected chi connectivity index (χ3v) is 4.11. The summed E-state index contributed by atoms with van der Waals surface area (Å²) in [5.41, 5.74) is 6.85. The minimum absolute atomic E-state index is 0.00461. The summed E-state index contributed by atoms with van der Waals surface area (Å²) in [6.45, 7) is 0.344. The maximum Gasteiger partial charge on any atom is 0.134 e. The maximum absolute atomic E-state index is 7.36. The van der Waals surface area contributed by atoms with Crippen molar-refractivity contribution < 1.29 is 4.74 Å². The fraction of sp³-hybridized carbons (Fsp3) is 0.0714. The van der Waals surface area contributed by atoms with Crippen LogP contribution in [-0.4, -0.2) is 5.84 Å². The third kappa shape index (κ3) is 3.75. The molecule has 0 saturated carbocycles. The van der Waals surface area contributed by atoms with Crippen LogP contribution in [0.15, 0.2) is 45.3 Å². The maximum atomic E-state index is 7.36. The zero-order valence-electron chi connectivity index (χ0n) is 10.3. The van der Waals surface area contributed by atoms with Crippen LogP contribution in [0.5, 0.6) is 5.75 Å². The summed E-state index contributed by atoms with van der Waals surface area (Å²) >= 11 is 13.0. The lowest BCUT2D eigenvalue weighted by atomic mass is 10.1. The second-order valence-corrected chi connectivity index (χ2v) is 6.26. The number of halogens is 3. The van der Waals surface area contributed by atoms with Crippen molar-refractivity contribution in [1.29, 1.82) is 5.41 Å².